The third-order valence-corrected chi connectivity index (χ3v) is 2.83. The summed E-state index contributed by atoms with van der Waals surface area (Å²) in [5.41, 5.74) is 5.30. The molecule has 96 valence electrons. The van der Waals surface area contributed by atoms with Crippen LogP contribution in [0, 0.1) is 11.8 Å². The molecule has 0 rings (SSSR count). The molecule has 3 heteroatoms. The van der Waals surface area contributed by atoms with Crippen molar-refractivity contribution in [2.24, 2.45) is 17.6 Å². The largest absolute Gasteiger partial charge is 0.460 e. The van der Waals surface area contributed by atoms with Crippen molar-refractivity contribution in [2.75, 3.05) is 6.54 Å². The highest BCUT2D eigenvalue weighted by Crippen LogP contribution is 2.19. The van der Waals surface area contributed by atoms with Crippen molar-refractivity contribution in [3.8, 4) is 0 Å². The summed E-state index contributed by atoms with van der Waals surface area (Å²) in [4.78, 5) is 11.7. The second-order valence-corrected chi connectivity index (χ2v) is 5.52. The van der Waals surface area contributed by atoms with E-state index in [0.29, 0.717) is 18.9 Å². The van der Waals surface area contributed by atoms with E-state index >= 15 is 0 Å². The van der Waals surface area contributed by atoms with Crippen LogP contribution in [0.2, 0.25) is 0 Å². The second kappa shape index (κ2) is 6.89. The van der Waals surface area contributed by atoms with Gasteiger partial charge in [0.05, 0.1) is 0 Å². The number of rotatable bonds is 7. The molecule has 0 bridgehead atoms. The topological polar surface area (TPSA) is 52.3 Å². The first-order valence-electron chi connectivity index (χ1n) is 6.22. The number of hydrogen-bond donors (Lipinski definition) is 1. The van der Waals surface area contributed by atoms with E-state index in [9.17, 15) is 4.79 Å². The van der Waals surface area contributed by atoms with Gasteiger partial charge in [-0.25, -0.2) is 0 Å². The quantitative estimate of drug-likeness (QED) is 0.683. The normalized spacial score (nSPS) is 13.9. The van der Waals surface area contributed by atoms with Gasteiger partial charge in [0.2, 0.25) is 0 Å². The van der Waals surface area contributed by atoms with Crippen molar-refractivity contribution >= 4 is 5.97 Å². The third-order valence-electron chi connectivity index (χ3n) is 2.83. The highest BCUT2D eigenvalue weighted by atomic mass is 16.6. The summed E-state index contributed by atoms with van der Waals surface area (Å²) in [7, 11) is 0. The van der Waals surface area contributed by atoms with Crippen molar-refractivity contribution in [3.05, 3.63) is 0 Å². The summed E-state index contributed by atoms with van der Waals surface area (Å²) in [6.45, 7) is 10.7. The third kappa shape index (κ3) is 6.83. The average molecular weight is 229 g/mol. The molecule has 0 aliphatic carbocycles. The molecule has 0 aromatic heterocycles. The summed E-state index contributed by atoms with van der Waals surface area (Å²) < 4.78 is 5.41. The Morgan fingerprint density at radius 1 is 1.38 bits per heavy atom. The summed E-state index contributed by atoms with van der Waals surface area (Å²) in [6, 6.07) is 0. The monoisotopic (exact) mass is 229 g/mol. The van der Waals surface area contributed by atoms with Crippen molar-refractivity contribution < 1.29 is 9.53 Å². The first-order valence-corrected chi connectivity index (χ1v) is 6.22. The molecule has 0 fully saturated rings. The standard InChI is InChI=1S/C13H27NO2/c1-6-13(4,5)16-12(15)8-11(9-14)7-10(2)3/h10-11H,6-9,14H2,1-5H3. The summed E-state index contributed by atoms with van der Waals surface area (Å²) >= 11 is 0. The lowest BCUT2D eigenvalue weighted by atomic mass is 9.94. The zero-order valence-corrected chi connectivity index (χ0v) is 11.4. The fourth-order valence-corrected chi connectivity index (χ4v) is 1.59. The molecule has 1 unspecified atom stereocenters. The van der Waals surface area contributed by atoms with E-state index in [1.165, 1.54) is 0 Å². The molecule has 16 heavy (non-hydrogen) atoms. The van der Waals surface area contributed by atoms with E-state index in [1.807, 2.05) is 20.8 Å². The van der Waals surface area contributed by atoms with E-state index in [1.54, 1.807) is 0 Å². The molecular weight excluding hydrogens is 202 g/mol. The molecule has 0 aromatic carbocycles. The molecule has 0 saturated carbocycles. The Hall–Kier alpha value is -0.570. The van der Waals surface area contributed by atoms with Gasteiger partial charge in [-0.3, -0.25) is 4.79 Å². The van der Waals surface area contributed by atoms with Crippen molar-refractivity contribution in [1.82, 2.24) is 0 Å². The van der Waals surface area contributed by atoms with Crippen LogP contribution in [0.1, 0.15) is 53.9 Å². The lowest BCUT2D eigenvalue weighted by molar-refractivity contribution is -0.157. The number of hydrogen-bond acceptors (Lipinski definition) is 3. The van der Waals surface area contributed by atoms with Gasteiger partial charge in [-0.05, 0) is 45.1 Å². The lowest BCUT2D eigenvalue weighted by Crippen LogP contribution is -2.29. The molecule has 2 N–H and O–H groups in total. The van der Waals surface area contributed by atoms with Crippen LogP contribution in [-0.4, -0.2) is 18.1 Å². The Labute approximate surface area is 99.7 Å². The highest BCUT2D eigenvalue weighted by molar-refractivity contribution is 5.70. The number of ether oxygens (including phenoxy) is 1. The van der Waals surface area contributed by atoms with Gasteiger partial charge in [0.25, 0.3) is 0 Å². The van der Waals surface area contributed by atoms with Crippen LogP contribution in [0.5, 0.6) is 0 Å². The number of nitrogens with two attached hydrogens (primary N) is 1. The van der Waals surface area contributed by atoms with Crippen LogP contribution >= 0.6 is 0 Å². The maximum Gasteiger partial charge on any atom is 0.306 e. The first kappa shape index (κ1) is 15.4. The minimum atomic E-state index is -0.353. The lowest BCUT2D eigenvalue weighted by Gasteiger charge is -2.25. The predicted molar refractivity (Wildman–Crippen MR) is 67.1 cm³/mol. The van der Waals surface area contributed by atoms with Gasteiger partial charge in [0.1, 0.15) is 5.60 Å². The predicted octanol–water partition coefficient (Wildman–Crippen LogP) is 2.73. The second-order valence-electron chi connectivity index (χ2n) is 5.52. The minimum absolute atomic E-state index is 0.122. The molecule has 0 aliphatic heterocycles. The van der Waals surface area contributed by atoms with E-state index in [4.69, 9.17) is 10.5 Å². The van der Waals surface area contributed by atoms with Crippen LogP contribution in [0.25, 0.3) is 0 Å². The smallest absolute Gasteiger partial charge is 0.306 e. The summed E-state index contributed by atoms with van der Waals surface area (Å²) in [5, 5.41) is 0. The van der Waals surface area contributed by atoms with Crippen LogP contribution in [0.3, 0.4) is 0 Å². The molecule has 0 radical (unpaired) electrons. The zero-order chi connectivity index (χ0) is 12.8. The average Bonchev–Trinajstić information content (AvgIpc) is 2.15. The molecule has 0 saturated heterocycles. The Bertz CT molecular complexity index is 212. The number of carbonyl (C=O) groups excluding carboxylic acids is 1. The van der Waals surface area contributed by atoms with Crippen molar-refractivity contribution in [1.29, 1.82) is 0 Å². The summed E-state index contributed by atoms with van der Waals surface area (Å²) in [5.74, 6) is 0.698. The van der Waals surface area contributed by atoms with Crippen molar-refractivity contribution in [3.63, 3.8) is 0 Å². The maximum atomic E-state index is 11.7. The Kier molecular flexibility index (Phi) is 6.65. The van der Waals surface area contributed by atoms with Gasteiger partial charge in [-0.2, -0.15) is 0 Å². The van der Waals surface area contributed by atoms with Gasteiger partial charge in [0.15, 0.2) is 0 Å². The zero-order valence-electron chi connectivity index (χ0n) is 11.4. The molecule has 0 aromatic rings. The van der Waals surface area contributed by atoms with Gasteiger partial charge < -0.3 is 10.5 Å². The minimum Gasteiger partial charge on any atom is -0.460 e. The highest BCUT2D eigenvalue weighted by Gasteiger charge is 2.22. The molecule has 0 aliphatic rings. The van der Waals surface area contributed by atoms with E-state index in [-0.39, 0.29) is 17.5 Å². The number of esters is 1. The molecule has 3 nitrogen and oxygen atoms in total. The van der Waals surface area contributed by atoms with Crippen molar-refractivity contribution in [2.45, 2.75) is 59.5 Å². The summed E-state index contributed by atoms with van der Waals surface area (Å²) in [6.07, 6.45) is 2.26. The van der Waals surface area contributed by atoms with E-state index in [0.717, 1.165) is 12.8 Å². The SMILES string of the molecule is CCC(C)(C)OC(=O)CC(CN)CC(C)C. The van der Waals surface area contributed by atoms with Crippen LogP contribution in [-0.2, 0) is 9.53 Å². The Morgan fingerprint density at radius 2 is 1.94 bits per heavy atom. The Balaban J connectivity index is 4.11. The van der Waals surface area contributed by atoms with Crippen LogP contribution in [0.4, 0.5) is 0 Å². The van der Waals surface area contributed by atoms with Gasteiger partial charge in [-0.1, -0.05) is 20.8 Å². The molecular formula is C13H27NO2. The molecule has 0 heterocycles. The number of carbonyl (C=O) groups is 1. The fourth-order valence-electron chi connectivity index (χ4n) is 1.59. The van der Waals surface area contributed by atoms with E-state index < -0.39 is 0 Å². The fraction of sp³-hybridized carbons (Fsp3) is 0.923. The van der Waals surface area contributed by atoms with E-state index in [2.05, 4.69) is 13.8 Å². The van der Waals surface area contributed by atoms with Crippen LogP contribution in [0.15, 0.2) is 0 Å². The molecule has 0 amide bonds. The first-order chi connectivity index (χ1) is 7.30. The van der Waals surface area contributed by atoms with Gasteiger partial charge in [-0.15, -0.1) is 0 Å². The van der Waals surface area contributed by atoms with Gasteiger partial charge >= 0.3 is 5.97 Å². The Morgan fingerprint density at radius 3 is 2.31 bits per heavy atom. The van der Waals surface area contributed by atoms with Crippen LogP contribution < -0.4 is 5.73 Å². The molecule has 1 atom stereocenters. The molecule has 0 spiro atoms. The maximum absolute atomic E-state index is 11.7. The van der Waals surface area contributed by atoms with Gasteiger partial charge in [0, 0.05) is 6.42 Å².